The van der Waals surface area contributed by atoms with Crippen molar-refractivity contribution in [2.75, 3.05) is 19.4 Å². The molecular formula is C21H21N5O5S. The summed E-state index contributed by atoms with van der Waals surface area (Å²) in [7, 11) is 1.57. The lowest BCUT2D eigenvalue weighted by Crippen LogP contribution is -2.23. The smallest absolute Gasteiger partial charge is 0.269 e. The van der Waals surface area contributed by atoms with Gasteiger partial charge in [0, 0.05) is 43.7 Å². The van der Waals surface area contributed by atoms with E-state index in [4.69, 9.17) is 4.74 Å². The van der Waals surface area contributed by atoms with Crippen LogP contribution in [0.3, 0.4) is 0 Å². The van der Waals surface area contributed by atoms with Gasteiger partial charge in [-0.25, -0.2) is 0 Å². The molecule has 0 saturated heterocycles. The SMILES string of the molecule is COc1cccc(-n2c(CCNC(C)=O)nnc2SCC(=O)c2ccc([N+](=O)[O-])cc2)c1. The number of carbonyl (C=O) groups excluding carboxylic acids is 2. The van der Waals surface area contributed by atoms with Crippen molar-refractivity contribution >= 4 is 29.1 Å². The summed E-state index contributed by atoms with van der Waals surface area (Å²) >= 11 is 1.21. The van der Waals surface area contributed by atoms with Crippen molar-refractivity contribution in [1.82, 2.24) is 20.1 Å². The molecular weight excluding hydrogens is 434 g/mol. The highest BCUT2D eigenvalue weighted by molar-refractivity contribution is 7.99. The van der Waals surface area contributed by atoms with Gasteiger partial charge in [-0.2, -0.15) is 0 Å². The van der Waals surface area contributed by atoms with Crippen LogP contribution in [-0.4, -0.2) is 50.8 Å². The highest BCUT2D eigenvalue weighted by atomic mass is 32.2. The Morgan fingerprint density at radius 3 is 2.59 bits per heavy atom. The summed E-state index contributed by atoms with van der Waals surface area (Å²) in [4.78, 5) is 34.1. The average Bonchev–Trinajstić information content (AvgIpc) is 3.20. The normalized spacial score (nSPS) is 10.6. The van der Waals surface area contributed by atoms with Gasteiger partial charge in [-0.15, -0.1) is 10.2 Å². The summed E-state index contributed by atoms with van der Waals surface area (Å²) in [6.07, 6.45) is 0.445. The molecule has 0 aliphatic carbocycles. The number of carbonyl (C=O) groups is 2. The number of benzene rings is 2. The molecule has 0 aliphatic heterocycles. The Balaban J connectivity index is 1.81. The van der Waals surface area contributed by atoms with E-state index in [0.29, 0.717) is 35.3 Å². The number of hydrogen-bond donors (Lipinski definition) is 1. The molecule has 0 fully saturated rings. The summed E-state index contributed by atoms with van der Waals surface area (Å²) in [6.45, 7) is 1.84. The molecule has 32 heavy (non-hydrogen) atoms. The van der Waals surface area contributed by atoms with Crippen LogP contribution in [0.5, 0.6) is 5.75 Å². The van der Waals surface area contributed by atoms with Crippen molar-refractivity contribution in [1.29, 1.82) is 0 Å². The molecule has 0 bridgehead atoms. The quantitative estimate of drug-likeness (QED) is 0.214. The minimum absolute atomic E-state index is 0.0733. The van der Waals surface area contributed by atoms with Crippen LogP contribution < -0.4 is 10.1 Å². The number of nitrogens with one attached hydrogen (secondary N) is 1. The lowest BCUT2D eigenvalue weighted by atomic mass is 10.1. The van der Waals surface area contributed by atoms with E-state index in [2.05, 4.69) is 15.5 Å². The summed E-state index contributed by atoms with van der Waals surface area (Å²) in [5.41, 5.74) is 1.06. The van der Waals surface area contributed by atoms with Crippen molar-refractivity contribution in [3.05, 3.63) is 70.0 Å². The summed E-state index contributed by atoms with van der Waals surface area (Å²) in [5, 5.41) is 22.5. The molecule has 3 rings (SSSR count). The number of ketones is 1. The van der Waals surface area contributed by atoms with Crippen molar-refractivity contribution in [3.63, 3.8) is 0 Å². The fourth-order valence-electron chi connectivity index (χ4n) is 2.90. The first-order valence-corrected chi connectivity index (χ1v) is 10.6. The predicted molar refractivity (Wildman–Crippen MR) is 118 cm³/mol. The summed E-state index contributed by atoms with van der Waals surface area (Å²) in [6, 6.07) is 12.8. The van der Waals surface area contributed by atoms with Gasteiger partial charge in [-0.3, -0.25) is 24.3 Å². The molecule has 1 N–H and O–H groups in total. The van der Waals surface area contributed by atoms with E-state index < -0.39 is 4.92 Å². The monoisotopic (exact) mass is 455 g/mol. The Morgan fingerprint density at radius 2 is 1.94 bits per heavy atom. The van der Waals surface area contributed by atoms with Crippen molar-refractivity contribution in [2.45, 2.75) is 18.5 Å². The average molecular weight is 455 g/mol. The second kappa shape index (κ2) is 10.5. The van der Waals surface area contributed by atoms with Gasteiger partial charge in [0.2, 0.25) is 5.91 Å². The van der Waals surface area contributed by atoms with Crippen LogP contribution in [0.25, 0.3) is 5.69 Å². The molecule has 1 amide bonds. The Hall–Kier alpha value is -3.73. The van der Waals surface area contributed by atoms with E-state index in [1.165, 1.54) is 43.0 Å². The Kier molecular flexibility index (Phi) is 7.55. The Labute approximate surface area is 188 Å². The second-order valence-corrected chi connectivity index (χ2v) is 7.63. The largest absolute Gasteiger partial charge is 0.497 e. The van der Waals surface area contributed by atoms with E-state index in [1.807, 2.05) is 28.8 Å². The molecule has 0 radical (unpaired) electrons. The number of nitro groups is 1. The molecule has 1 aromatic heterocycles. The molecule has 2 aromatic carbocycles. The highest BCUT2D eigenvalue weighted by Gasteiger charge is 2.17. The zero-order chi connectivity index (χ0) is 23.1. The van der Waals surface area contributed by atoms with Crippen LogP contribution in [0.4, 0.5) is 5.69 Å². The molecule has 0 aliphatic rings. The lowest BCUT2D eigenvalue weighted by molar-refractivity contribution is -0.384. The second-order valence-electron chi connectivity index (χ2n) is 6.68. The third-order valence-corrected chi connectivity index (χ3v) is 5.40. The molecule has 0 atom stereocenters. The van der Waals surface area contributed by atoms with Gasteiger partial charge in [0.25, 0.3) is 5.69 Å². The minimum atomic E-state index is -0.512. The van der Waals surface area contributed by atoms with Crippen LogP contribution in [-0.2, 0) is 11.2 Å². The maximum atomic E-state index is 12.6. The van der Waals surface area contributed by atoms with E-state index in [0.717, 1.165) is 5.69 Å². The van der Waals surface area contributed by atoms with Crippen LogP contribution >= 0.6 is 11.8 Å². The fraction of sp³-hybridized carbons (Fsp3) is 0.238. The maximum absolute atomic E-state index is 12.6. The number of methoxy groups -OCH3 is 1. The molecule has 0 unspecified atom stereocenters. The predicted octanol–water partition coefficient (Wildman–Crippen LogP) is 2.84. The number of Topliss-reactive ketones (excluding diaryl/α,β-unsaturated/α-hetero) is 1. The van der Waals surface area contributed by atoms with Crippen LogP contribution in [0, 0.1) is 10.1 Å². The highest BCUT2D eigenvalue weighted by Crippen LogP contribution is 2.26. The van der Waals surface area contributed by atoms with Gasteiger partial charge in [0.1, 0.15) is 11.6 Å². The molecule has 0 saturated carbocycles. The van der Waals surface area contributed by atoms with Gasteiger partial charge in [0.05, 0.1) is 23.5 Å². The fourth-order valence-corrected chi connectivity index (χ4v) is 3.76. The van der Waals surface area contributed by atoms with Gasteiger partial charge < -0.3 is 10.1 Å². The Bertz CT molecular complexity index is 1130. The Morgan fingerprint density at radius 1 is 1.19 bits per heavy atom. The van der Waals surface area contributed by atoms with Gasteiger partial charge in [-0.05, 0) is 24.3 Å². The molecule has 11 heteroatoms. The molecule has 0 spiro atoms. The minimum Gasteiger partial charge on any atom is -0.497 e. The molecule has 1 heterocycles. The standard InChI is InChI=1S/C21H21N5O5S/c1-14(27)22-11-10-20-23-24-21(25(20)17-4-3-5-18(12-17)31-2)32-13-19(28)15-6-8-16(9-7-15)26(29)30/h3-9,12H,10-11,13H2,1-2H3,(H,22,27). The topological polar surface area (TPSA) is 129 Å². The first-order valence-electron chi connectivity index (χ1n) is 9.62. The van der Waals surface area contributed by atoms with Crippen molar-refractivity contribution in [3.8, 4) is 11.4 Å². The van der Waals surface area contributed by atoms with E-state index in [9.17, 15) is 19.7 Å². The zero-order valence-corrected chi connectivity index (χ0v) is 18.3. The van der Waals surface area contributed by atoms with Gasteiger partial charge in [-0.1, -0.05) is 17.8 Å². The number of amides is 1. The van der Waals surface area contributed by atoms with E-state index in [-0.39, 0.29) is 23.1 Å². The van der Waals surface area contributed by atoms with Gasteiger partial charge in [0.15, 0.2) is 10.9 Å². The van der Waals surface area contributed by atoms with Crippen LogP contribution in [0.1, 0.15) is 23.1 Å². The molecule has 3 aromatic rings. The van der Waals surface area contributed by atoms with Crippen LogP contribution in [0.2, 0.25) is 0 Å². The number of nitrogens with zero attached hydrogens (tertiary/aromatic N) is 4. The van der Waals surface area contributed by atoms with Gasteiger partial charge >= 0.3 is 0 Å². The lowest BCUT2D eigenvalue weighted by Gasteiger charge is -2.11. The first-order chi connectivity index (χ1) is 15.4. The zero-order valence-electron chi connectivity index (χ0n) is 17.5. The first kappa shape index (κ1) is 22.9. The number of aromatic nitrogens is 3. The number of non-ortho nitro benzene ring substituents is 1. The molecule has 166 valence electrons. The van der Waals surface area contributed by atoms with Crippen LogP contribution in [0.15, 0.2) is 53.7 Å². The number of ether oxygens (including phenoxy) is 1. The number of nitro benzene ring substituents is 1. The third-order valence-electron chi connectivity index (χ3n) is 4.47. The van der Waals surface area contributed by atoms with Crippen molar-refractivity contribution < 1.29 is 19.2 Å². The summed E-state index contributed by atoms with van der Waals surface area (Å²) < 4.78 is 7.13. The van der Waals surface area contributed by atoms with Crippen molar-refractivity contribution in [2.24, 2.45) is 0 Å². The number of thioether (sulfide) groups is 1. The third kappa shape index (κ3) is 5.70. The number of rotatable bonds is 10. The maximum Gasteiger partial charge on any atom is 0.269 e. The summed E-state index contributed by atoms with van der Waals surface area (Å²) in [5.74, 6) is 1.02. The van der Waals surface area contributed by atoms with E-state index in [1.54, 1.807) is 7.11 Å². The number of hydrogen-bond acceptors (Lipinski definition) is 8. The van der Waals surface area contributed by atoms with E-state index >= 15 is 0 Å². The molecule has 10 nitrogen and oxygen atoms in total.